The molecule has 12 unspecified atom stereocenters. The lowest BCUT2D eigenvalue weighted by atomic mass is 9.96. The molecule has 14 amide bonds. The molecule has 1 aromatic carbocycles. The number of amides is 14. The van der Waals surface area contributed by atoms with E-state index < -0.39 is 218 Å². The molecule has 3 heterocycles. The maximum absolute atomic E-state index is 15.3. The van der Waals surface area contributed by atoms with Gasteiger partial charge in [0.15, 0.2) is 0 Å². The topological polar surface area (TPSA) is 565 Å². The van der Waals surface area contributed by atoms with Crippen molar-refractivity contribution in [2.24, 2.45) is 17.6 Å². The summed E-state index contributed by atoms with van der Waals surface area (Å²) in [5.74, 6) is -24.6. The number of piperidine rings is 1. The number of nitrogens with one attached hydrogen (secondary N) is 12. The number of hydrogen-bond donors (Lipinski definition) is 17. The Kier molecular flexibility index (Phi) is 34.8. The summed E-state index contributed by atoms with van der Waals surface area (Å²) < 4.78 is 0. The summed E-state index contributed by atoms with van der Waals surface area (Å²) in [7, 11) is 0. The van der Waals surface area contributed by atoms with Crippen LogP contribution in [0.5, 0.6) is 0 Å². The Morgan fingerprint density at radius 2 is 1.08 bits per heavy atom. The fourth-order valence-corrected chi connectivity index (χ4v) is 11.7. The fraction of sp³-hybridized carbons (Fsp3) is 0.636. The van der Waals surface area contributed by atoms with Crippen molar-refractivity contribution >= 4 is 112 Å². The molecule has 37 nitrogen and oxygen atoms in total. The van der Waals surface area contributed by atoms with Gasteiger partial charge in [-0.2, -0.15) is 0 Å². The van der Waals surface area contributed by atoms with Gasteiger partial charge in [0.05, 0.1) is 50.9 Å². The smallest absolute Gasteiger partial charge is 0.308 e. The van der Waals surface area contributed by atoms with Gasteiger partial charge in [-0.05, 0) is 89.5 Å². The van der Waals surface area contributed by atoms with E-state index in [2.05, 4.69) is 54.8 Å². The van der Waals surface area contributed by atoms with Gasteiger partial charge in [-0.3, -0.25) is 86.3 Å². The largest absolute Gasteiger partial charge is 0.481 e. The summed E-state index contributed by atoms with van der Waals surface area (Å²) in [6, 6.07) is -13.6. The molecule has 0 aromatic heterocycles. The number of carboxylic acids is 4. The molecule has 570 valence electrons. The van der Waals surface area contributed by atoms with E-state index in [0.29, 0.717) is 18.5 Å². The summed E-state index contributed by atoms with van der Waals surface area (Å²) in [5, 5.41) is 67.2. The number of anilines is 1. The summed E-state index contributed by atoms with van der Waals surface area (Å²) >= 11 is 0. The van der Waals surface area contributed by atoms with Crippen LogP contribution in [0.4, 0.5) is 5.69 Å². The van der Waals surface area contributed by atoms with Crippen molar-refractivity contribution in [2.75, 3.05) is 38.0 Å². The first-order valence-corrected chi connectivity index (χ1v) is 34.5. The van der Waals surface area contributed by atoms with Crippen LogP contribution in [0.3, 0.4) is 0 Å². The van der Waals surface area contributed by atoms with E-state index in [4.69, 9.17) is 5.73 Å². The van der Waals surface area contributed by atoms with Gasteiger partial charge < -0.3 is 99.8 Å². The molecule has 0 spiro atoms. The molecular weight excluding hydrogens is 1350 g/mol. The minimum Gasteiger partial charge on any atom is -0.481 e. The number of unbranched alkanes of at least 4 members (excludes halogenated alkanes) is 8. The number of nitrogens with two attached hydrogens (primary N) is 1. The highest BCUT2D eigenvalue weighted by Crippen LogP contribution is 2.24. The van der Waals surface area contributed by atoms with Crippen LogP contribution < -0.4 is 69.5 Å². The Balaban J connectivity index is 1.71. The van der Waals surface area contributed by atoms with Crippen molar-refractivity contribution in [3.8, 4) is 0 Å². The molecule has 0 saturated carbocycles. The maximum Gasteiger partial charge on any atom is 0.308 e. The van der Waals surface area contributed by atoms with Gasteiger partial charge in [0.1, 0.15) is 54.4 Å². The van der Waals surface area contributed by atoms with Crippen LogP contribution >= 0.6 is 0 Å². The normalized spacial score (nSPS) is 23.4. The van der Waals surface area contributed by atoms with Crippen molar-refractivity contribution in [1.29, 1.82) is 0 Å². The summed E-state index contributed by atoms with van der Waals surface area (Å²) in [4.78, 5) is 245. The lowest BCUT2D eigenvalue weighted by Crippen LogP contribution is -2.66. The van der Waals surface area contributed by atoms with Crippen LogP contribution in [-0.2, 0) is 81.5 Å². The first kappa shape index (κ1) is 85.1. The number of rotatable bonds is 27. The van der Waals surface area contributed by atoms with Gasteiger partial charge in [0.25, 0.3) is 5.91 Å². The third-order valence-electron chi connectivity index (χ3n) is 17.5. The van der Waals surface area contributed by atoms with E-state index in [1.54, 1.807) is 13.8 Å². The maximum atomic E-state index is 15.3. The van der Waals surface area contributed by atoms with Crippen molar-refractivity contribution < 1.29 is 107 Å². The highest BCUT2D eigenvalue weighted by molar-refractivity contribution is 6.02. The molecule has 0 radical (unpaired) electrons. The quantitative estimate of drug-likeness (QED) is 0.0389. The molecule has 4 rings (SSSR count). The minimum absolute atomic E-state index is 0.0267. The highest BCUT2D eigenvalue weighted by atomic mass is 16.4. The number of carbonyl (C=O) groups is 18. The zero-order valence-electron chi connectivity index (χ0n) is 58.7. The minimum atomic E-state index is -2.19. The number of carbonyl (C=O) groups excluding carboxylic acids is 14. The van der Waals surface area contributed by atoms with Crippen molar-refractivity contribution in [2.45, 2.75) is 224 Å². The fourth-order valence-electron chi connectivity index (χ4n) is 11.7. The number of hydrogen-bond acceptors (Lipinski definition) is 19. The molecule has 0 bridgehead atoms. The third-order valence-corrected chi connectivity index (χ3v) is 17.5. The Morgan fingerprint density at radius 1 is 0.563 bits per heavy atom. The van der Waals surface area contributed by atoms with Crippen LogP contribution in [0.2, 0.25) is 0 Å². The molecular formula is C66H99N15O22. The molecule has 103 heavy (non-hydrogen) atoms. The molecule has 0 aliphatic carbocycles. The Morgan fingerprint density at radius 3 is 1.63 bits per heavy atom. The van der Waals surface area contributed by atoms with E-state index in [1.807, 2.05) is 16.0 Å². The molecule has 12 atom stereocenters. The molecule has 18 N–H and O–H groups in total. The van der Waals surface area contributed by atoms with Gasteiger partial charge in [-0.1, -0.05) is 72.1 Å². The number of carboxylic acid groups (broad SMARTS) is 4. The van der Waals surface area contributed by atoms with Crippen molar-refractivity contribution in [3.63, 3.8) is 0 Å². The molecule has 37 heteroatoms. The average Bonchev–Trinajstić information content (AvgIpc) is 1.64. The van der Waals surface area contributed by atoms with Gasteiger partial charge >= 0.3 is 23.9 Å². The second-order valence-electron chi connectivity index (χ2n) is 26.2. The average molecular weight is 1450 g/mol. The van der Waals surface area contributed by atoms with Crippen molar-refractivity contribution in [3.05, 3.63) is 29.8 Å². The zero-order valence-corrected chi connectivity index (χ0v) is 58.7. The highest BCUT2D eigenvalue weighted by Gasteiger charge is 2.45. The Hall–Kier alpha value is -10.4. The number of aliphatic carboxylic acids is 4. The van der Waals surface area contributed by atoms with Gasteiger partial charge in [-0.15, -0.1) is 0 Å². The lowest BCUT2D eigenvalue weighted by molar-refractivity contribution is -0.150. The van der Waals surface area contributed by atoms with Crippen LogP contribution in [0.15, 0.2) is 24.3 Å². The van der Waals surface area contributed by atoms with E-state index in [0.717, 1.165) is 42.4 Å². The SMILES string of the molecule is CCCCCCCCCCCC(=O)Nc1ccc(C(=O)NCC(=O)NC(CC(=O)O)C(=O)NC2C(=O)N3CCCCC3C(=O)NC(C(C)C(=O)O)C(=O)NC(CC(=O)O)C(=O)NCC(=O)NC(CC(=O)O)C(=O)NCC(=O)NC(C(C)N)C(=O)NC(C(C)C)C(=O)N3CCCC3C(=O)NC2C)cc1. The summed E-state index contributed by atoms with van der Waals surface area (Å²) in [6.07, 6.45) is 6.73. The molecule has 3 aliphatic rings. The van der Waals surface area contributed by atoms with Crippen LogP contribution in [0.25, 0.3) is 0 Å². The van der Waals surface area contributed by atoms with Gasteiger partial charge in [0, 0.05) is 36.8 Å². The second kappa shape index (κ2) is 42.2. The van der Waals surface area contributed by atoms with E-state index in [1.165, 1.54) is 63.8 Å². The monoisotopic (exact) mass is 1450 g/mol. The predicted molar refractivity (Wildman–Crippen MR) is 363 cm³/mol. The number of benzene rings is 1. The third kappa shape index (κ3) is 27.8. The van der Waals surface area contributed by atoms with E-state index >= 15 is 4.79 Å². The first-order valence-electron chi connectivity index (χ1n) is 34.5. The molecule has 3 aliphatic heterocycles. The van der Waals surface area contributed by atoms with Gasteiger partial charge in [0.2, 0.25) is 76.8 Å². The number of fused-ring (bicyclic) bond motifs is 2. The Labute approximate surface area is 594 Å². The second-order valence-corrected chi connectivity index (χ2v) is 26.2. The van der Waals surface area contributed by atoms with Crippen LogP contribution in [-0.4, -0.2) is 236 Å². The summed E-state index contributed by atoms with van der Waals surface area (Å²) in [5.41, 5.74) is 6.56. The predicted octanol–water partition coefficient (Wildman–Crippen LogP) is -3.06. The zero-order chi connectivity index (χ0) is 76.8. The number of nitrogens with zero attached hydrogens (tertiary/aromatic N) is 2. The van der Waals surface area contributed by atoms with Crippen molar-refractivity contribution in [1.82, 2.24) is 68.3 Å². The first-order chi connectivity index (χ1) is 48.6. The molecule has 3 saturated heterocycles. The molecule has 3 fully saturated rings. The Bertz CT molecular complexity index is 3260. The van der Waals surface area contributed by atoms with Gasteiger partial charge in [-0.25, -0.2) is 0 Å². The molecule has 1 aromatic rings. The summed E-state index contributed by atoms with van der Waals surface area (Å²) in [6.45, 7) is 5.38. The van der Waals surface area contributed by atoms with E-state index in [-0.39, 0.29) is 56.7 Å². The lowest BCUT2D eigenvalue weighted by Gasteiger charge is -2.39. The van der Waals surface area contributed by atoms with Crippen LogP contribution in [0.1, 0.15) is 167 Å². The standard InChI is InChI=1S/C66H99N15O22/c1-7-8-9-10-11-12-13-14-15-21-45(82)72-39-24-22-38(23-25-39)56(92)68-31-46(83)74-42(30-51(90)91)59(95)79-55-37(6)71-60(96)44-20-18-27-81(44)64(100)52(34(2)3)77-63(99)54(36(5)67)76-48(85)33-70-57(93)40(28-49(86)87)73-47(84)32-69-58(94)41(29-50(88)89)75-62(98)53(35(4)66(102)103)78-61(97)43-19-16-17-26-80(43)65(55)101/h22-25,34-37,40-44,52-55H,7-21,26-33,67H2,1-6H3,(H,68,92)(H,69,94)(H,70,93)(H,71,96)(H,72,82)(H,73,84)(H,74,83)(H,75,98)(H,76,85)(H,77,99)(H,78,97)(H,79,95)(H,86,87)(H,88,89)(H,90,91)(H,102,103). The van der Waals surface area contributed by atoms with Crippen LogP contribution in [0, 0.1) is 11.8 Å². The van der Waals surface area contributed by atoms with E-state index in [9.17, 15) is 102 Å².